The van der Waals surface area contributed by atoms with Gasteiger partial charge in [-0.15, -0.1) is 0 Å². The van der Waals surface area contributed by atoms with Gasteiger partial charge in [-0.1, -0.05) is 64.6 Å². The van der Waals surface area contributed by atoms with Crippen molar-refractivity contribution >= 4 is 52.1 Å². The van der Waals surface area contributed by atoms with Crippen molar-refractivity contribution in [1.82, 2.24) is 0 Å². The summed E-state index contributed by atoms with van der Waals surface area (Å²) in [7, 11) is 0. The number of halogens is 4. The molecule has 0 saturated carbocycles. The quantitative estimate of drug-likeness (QED) is 0.422. The largest absolute Gasteiger partial charge is 0.487 e. The van der Waals surface area contributed by atoms with Crippen LogP contribution < -0.4 is 10.1 Å². The molecule has 6 heteroatoms. The van der Waals surface area contributed by atoms with Crippen molar-refractivity contribution in [3.05, 3.63) is 91.4 Å². The predicted octanol–water partition coefficient (Wildman–Crippen LogP) is 7.80. The minimum Gasteiger partial charge on any atom is -0.487 e. The van der Waals surface area contributed by atoms with Crippen LogP contribution in [0.3, 0.4) is 0 Å². The molecule has 3 aromatic rings. The maximum Gasteiger partial charge on any atom is 0.143 e. The van der Waals surface area contributed by atoms with E-state index in [0.29, 0.717) is 39.0 Å². The van der Waals surface area contributed by atoms with Crippen molar-refractivity contribution in [3.63, 3.8) is 0 Å². The second-order valence-electron chi connectivity index (χ2n) is 6.11. The summed E-state index contributed by atoms with van der Waals surface area (Å²) in [5.74, 6) is 0.591. The summed E-state index contributed by atoms with van der Waals surface area (Å²) >= 11 is 24.7. The van der Waals surface area contributed by atoms with Crippen molar-refractivity contribution in [2.75, 3.05) is 5.32 Å². The lowest BCUT2D eigenvalue weighted by Crippen LogP contribution is -2.05. The molecule has 3 rings (SSSR count). The first-order valence-electron chi connectivity index (χ1n) is 8.27. The molecule has 0 amide bonds. The number of hydrogen-bond donors (Lipinski definition) is 1. The molecule has 0 radical (unpaired) electrons. The number of benzene rings is 3. The van der Waals surface area contributed by atoms with E-state index in [1.807, 2.05) is 55.5 Å². The summed E-state index contributed by atoms with van der Waals surface area (Å²) in [5.41, 5.74) is 3.85. The van der Waals surface area contributed by atoms with Crippen molar-refractivity contribution in [2.45, 2.75) is 20.1 Å². The number of nitrogens with one attached hydrogen (secondary N) is 1. The molecule has 0 aliphatic rings. The summed E-state index contributed by atoms with van der Waals surface area (Å²) in [6, 6.07) is 16.7. The van der Waals surface area contributed by atoms with Gasteiger partial charge in [0.1, 0.15) is 12.4 Å². The molecular formula is C21H17Cl4NO. The van der Waals surface area contributed by atoms with Gasteiger partial charge < -0.3 is 10.1 Å². The number of hydrogen-bond acceptors (Lipinski definition) is 2. The first-order valence-corrected chi connectivity index (χ1v) is 9.79. The lowest BCUT2D eigenvalue weighted by Gasteiger charge is -2.16. The summed E-state index contributed by atoms with van der Waals surface area (Å²) in [4.78, 5) is 0. The van der Waals surface area contributed by atoms with Crippen molar-refractivity contribution in [3.8, 4) is 5.75 Å². The van der Waals surface area contributed by atoms with Crippen LogP contribution in [0.5, 0.6) is 5.75 Å². The van der Waals surface area contributed by atoms with Crippen LogP contribution in [0, 0.1) is 6.92 Å². The van der Waals surface area contributed by atoms with E-state index in [1.165, 1.54) is 0 Å². The van der Waals surface area contributed by atoms with E-state index in [4.69, 9.17) is 51.1 Å². The summed E-state index contributed by atoms with van der Waals surface area (Å²) in [6.07, 6.45) is 0. The molecule has 1 N–H and O–H groups in total. The van der Waals surface area contributed by atoms with Gasteiger partial charge in [0.05, 0.1) is 5.02 Å². The Morgan fingerprint density at radius 3 is 2.41 bits per heavy atom. The van der Waals surface area contributed by atoms with Gasteiger partial charge in [0, 0.05) is 32.9 Å². The number of ether oxygens (including phenoxy) is 1. The first kappa shape index (κ1) is 20.2. The Hall–Kier alpha value is -1.58. The Balaban J connectivity index is 1.80. The van der Waals surface area contributed by atoms with Crippen molar-refractivity contribution < 1.29 is 4.74 Å². The summed E-state index contributed by atoms with van der Waals surface area (Å²) < 4.78 is 5.99. The van der Waals surface area contributed by atoms with E-state index in [0.717, 1.165) is 22.4 Å². The molecule has 0 saturated heterocycles. The highest BCUT2D eigenvalue weighted by molar-refractivity contribution is 6.35. The zero-order valence-corrected chi connectivity index (χ0v) is 17.6. The molecule has 0 unspecified atom stereocenters. The lowest BCUT2D eigenvalue weighted by molar-refractivity contribution is 0.303. The van der Waals surface area contributed by atoms with E-state index >= 15 is 0 Å². The maximum absolute atomic E-state index is 6.39. The Labute approximate surface area is 179 Å². The molecule has 0 aliphatic heterocycles. The average molecular weight is 441 g/mol. The molecule has 0 spiro atoms. The van der Waals surface area contributed by atoms with Gasteiger partial charge in [0.15, 0.2) is 0 Å². The molecule has 27 heavy (non-hydrogen) atoms. The average Bonchev–Trinajstić information content (AvgIpc) is 2.61. The molecule has 0 aromatic heterocycles. The van der Waals surface area contributed by atoms with Gasteiger partial charge >= 0.3 is 0 Å². The minimum atomic E-state index is 0.352. The topological polar surface area (TPSA) is 21.3 Å². The second kappa shape index (κ2) is 9.07. The standard InChI is InChI=1S/C21H17Cl4NO/c1-13-5-6-17(23)10-20(13)26-11-15-8-18(24)9-19(25)21(15)27-12-14-3-2-4-16(22)7-14/h2-10,26H,11-12H2,1H3. The SMILES string of the molecule is Cc1ccc(Cl)cc1NCc1cc(Cl)cc(Cl)c1OCc1cccc(Cl)c1. The third kappa shape index (κ3) is 5.46. The van der Waals surface area contributed by atoms with Crippen LogP contribution in [-0.4, -0.2) is 0 Å². The normalized spacial score (nSPS) is 10.7. The van der Waals surface area contributed by atoms with Crippen molar-refractivity contribution in [2.24, 2.45) is 0 Å². The lowest BCUT2D eigenvalue weighted by atomic mass is 10.1. The molecule has 3 aromatic carbocycles. The van der Waals surface area contributed by atoms with E-state index in [2.05, 4.69) is 5.32 Å². The maximum atomic E-state index is 6.39. The number of anilines is 1. The van der Waals surface area contributed by atoms with Gasteiger partial charge in [-0.25, -0.2) is 0 Å². The molecule has 0 fully saturated rings. The fourth-order valence-corrected chi connectivity index (χ4v) is 3.64. The van der Waals surface area contributed by atoms with Crippen LogP contribution in [-0.2, 0) is 13.2 Å². The Bertz CT molecular complexity index is 959. The zero-order valence-electron chi connectivity index (χ0n) is 14.5. The van der Waals surface area contributed by atoms with Gasteiger partial charge in [-0.05, 0) is 54.4 Å². The van der Waals surface area contributed by atoms with Crippen LogP contribution in [0.25, 0.3) is 0 Å². The molecule has 0 heterocycles. The summed E-state index contributed by atoms with van der Waals surface area (Å²) in [6.45, 7) is 2.86. The Morgan fingerprint density at radius 2 is 1.63 bits per heavy atom. The molecule has 2 nitrogen and oxygen atoms in total. The molecular weight excluding hydrogens is 424 g/mol. The molecule has 0 bridgehead atoms. The monoisotopic (exact) mass is 439 g/mol. The van der Waals surface area contributed by atoms with Gasteiger partial charge in [-0.3, -0.25) is 0 Å². The molecule has 0 atom stereocenters. The fourth-order valence-electron chi connectivity index (χ4n) is 2.66. The van der Waals surface area contributed by atoms with E-state index in [9.17, 15) is 0 Å². The second-order valence-corrected chi connectivity index (χ2v) is 7.82. The van der Waals surface area contributed by atoms with E-state index in [1.54, 1.807) is 6.07 Å². The Morgan fingerprint density at radius 1 is 0.852 bits per heavy atom. The number of rotatable bonds is 6. The van der Waals surface area contributed by atoms with E-state index in [-0.39, 0.29) is 0 Å². The predicted molar refractivity (Wildman–Crippen MR) is 116 cm³/mol. The van der Waals surface area contributed by atoms with Gasteiger partial charge in [0.25, 0.3) is 0 Å². The fraction of sp³-hybridized carbons (Fsp3) is 0.143. The first-order chi connectivity index (χ1) is 12.9. The van der Waals surface area contributed by atoms with Crippen molar-refractivity contribution in [1.29, 1.82) is 0 Å². The highest BCUT2D eigenvalue weighted by atomic mass is 35.5. The number of aryl methyl sites for hydroxylation is 1. The minimum absolute atomic E-state index is 0.352. The summed E-state index contributed by atoms with van der Waals surface area (Å²) in [5, 5.41) is 5.72. The van der Waals surface area contributed by atoms with E-state index < -0.39 is 0 Å². The van der Waals surface area contributed by atoms with Crippen LogP contribution >= 0.6 is 46.4 Å². The van der Waals surface area contributed by atoms with Crippen LogP contribution in [0.2, 0.25) is 20.1 Å². The van der Waals surface area contributed by atoms with Crippen LogP contribution in [0.15, 0.2) is 54.6 Å². The third-order valence-electron chi connectivity index (χ3n) is 4.03. The highest BCUT2D eigenvalue weighted by Crippen LogP contribution is 2.34. The van der Waals surface area contributed by atoms with Crippen LogP contribution in [0.4, 0.5) is 5.69 Å². The van der Waals surface area contributed by atoms with Gasteiger partial charge in [-0.2, -0.15) is 0 Å². The highest BCUT2D eigenvalue weighted by Gasteiger charge is 2.12. The zero-order chi connectivity index (χ0) is 19.4. The van der Waals surface area contributed by atoms with Gasteiger partial charge in [0.2, 0.25) is 0 Å². The smallest absolute Gasteiger partial charge is 0.143 e. The molecule has 140 valence electrons. The molecule has 0 aliphatic carbocycles. The van der Waals surface area contributed by atoms with Crippen LogP contribution in [0.1, 0.15) is 16.7 Å². The third-order valence-corrected chi connectivity index (χ3v) is 5.00. The Kier molecular flexibility index (Phi) is 6.78.